The maximum atomic E-state index is 13.0. The highest BCUT2D eigenvalue weighted by Crippen LogP contribution is 2.27. The van der Waals surface area contributed by atoms with Crippen LogP contribution in [-0.2, 0) is 14.3 Å². The number of rotatable bonds is 3. The zero-order valence-corrected chi connectivity index (χ0v) is 14.5. The summed E-state index contributed by atoms with van der Waals surface area (Å²) in [6.07, 6.45) is 1.59. The number of benzene rings is 2. The molecular weight excluding hydrogens is 337 g/mol. The van der Waals surface area contributed by atoms with Gasteiger partial charge < -0.3 is 9.47 Å². The quantitative estimate of drug-likeness (QED) is 0.479. The molecule has 26 heavy (non-hydrogen) atoms. The van der Waals surface area contributed by atoms with Crippen LogP contribution in [-0.4, -0.2) is 17.8 Å². The van der Waals surface area contributed by atoms with Gasteiger partial charge in [0, 0.05) is 12.5 Å². The topological polar surface area (TPSA) is 65.0 Å². The van der Waals surface area contributed by atoms with Crippen LogP contribution in [0.25, 0.3) is 6.08 Å². The highest BCUT2D eigenvalue weighted by molar-refractivity contribution is 6.12. The normalized spacial score (nSPS) is 15.0. The molecule has 0 atom stereocenters. The van der Waals surface area contributed by atoms with Crippen molar-refractivity contribution in [3.63, 3.8) is 0 Å². The zero-order valence-electron chi connectivity index (χ0n) is 14.5. The maximum absolute atomic E-state index is 13.0. The lowest BCUT2D eigenvalue weighted by Crippen LogP contribution is -2.05. The number of nitrogens with zero attached hydrogens (tertiary/aromatic N) is 1. The Balaban J connectivity index is 1.93. The third-order valence-electron chi connectivity index (χ3n) is 3.74. The summed E-state index contributed by atoms with van der Waals surface area (Å²) in [5.41, 5.74) is 2.92. The summed E-state index contributed by atoms with van der Waals surface area (Å²) in [5, 5.41) is 0. The van der Waals surface area contributed by atoms with Gasteiger partial charge in [0.05, 0.1) is 0 Å². The first-order valence-electron chi connectivity index (χ1n) is 7.91. The van der Waals surface area contributed by atoms with Crippen LogP contribution < -0.4 is 4.74 Å². The highest BCUT2D eigenvalue weighted by Gasteiger charge is 2.24. The van der Waals surface area contributed by atoms with Crippen LogP contribution in [0, 0.1) is 19.7 Å². The predicted octanol–water partition coefficient (Wildman–Crippen LogP) is 3.71. The van der Waals surface area contributed by atoms with E-state index in [1.807, 2.05) is 13.8 Å². The Morgan fingerprint density at radius 1 is 1.15 bits per heavy atom. The van der Waals surface area contributed by atoms with E-state index >= 15 is 0 Å². The molecule has 0 aliphatic carbocycles. The van der Waals surface area contributed by atoms with Crippen LogP contribution in [0.1, 0.15) is 29.2 Å². The van der Waals surface area contributed by atoms with Gasteiger partial charge in [0.2, 0.25) is 5.90 Å². The number of hydrogen-bond donors (Lipinski definition) is 0. The lowest BCUT2D eigenvalue weighted by atomic mass is 10.0. The molecule has 0 bridgehead atoms. The molecule has 6 heteroatoms. The molecule has 0 N–H and O–H groups in total. The second kappa shape index (κ2) is 6.92. The van der Waals surface area contributed by atoms with Gasteiger partial charge in [0.15, 0.2) is 5.70 Å². The van der Waals surface area contributed by atoms with E-state index in [-0.39, 0.29) is 17.4 Å². The molecule has 1 heterocycles. The first-order valence-corrected chi connectivity index (χ1v) is 7.91. The molecular formula is C20H16FNO4. The number of hydrogen-bond acceptors (Lipinski definition) is 5. The van der Waals surface area contributed by atoms with Crippen LogP contribution in [0.4, 0.5) is 4.39 Å². The highest BCUT2D eigenvalue weighted by atomic mass is 19.1. The summed E-state index contributed by atoms with van der Waals surface area (Å²) in [6.45, 7) is 4.97. The first kappa shape index (κ1) is 17.5. The predicted molar refractivity (Wildman–Crippen MR) is 94.2 cm³/mol. The smallest absolute Gasteiger partial charge is 0.363 e. The van der Waals surface area contributed by atoms with Crippen molar-refractivity contribution in [2.45, 2.75) is 20.8 Å². The summed E-state index contributed by atoms with van der Waals surface area (Å²) >= 11 is 0. The molecule has 1 aliphatic rings. The van der Waals surface area contributed by atoms with Gasteiger partial charge in [-0.15, -0.1) is 0 Å². The van der Waals surface area contributed by atoms with Gasteiger partial charge in [-0.2, -0.15) is 0 Å². The number of esters is 2. The van der Waals surface area contributed by atoms with E-state index in [9.17, 15) is 14.0 Å². The van der Waals surface area contributed by atoms with Crippen molar-refractivity contribution in [3.8, 4) is 5.75 Å². The second-order valence-electron chi connectivity index (χ2n) is 5.92. The Hall–Kier alpha value is -3.28. The summed E-state index contributed by atoms with van der Waals surface area (Å²) < 4.78 is 23.4. The van der Waals surface area contributed by atoms with Crippen molar-refractivity contribution < 1.29 is 23.5 Å². The Morgan fingerprint density at radius 3 is 2.35 bits per heavy atom. The summed E-state index contributed by atoms with van der Waals surface area (Å²) in [7, 11) is 0. The van der Waals surface area contributed by atoms with Gasteiger partial charge in [-0.05, 0) is 73.0 Å². The number of carbonyl (C=O) groups excluding carboxylic acids is 2. The van der Waals surface area contributed by atoms with Crippen molar-refractivity contribution in [3.05, 3.63) is 70.2 Å². The largest absolute Gasteiger partial charge is 0.426 e. The van der Waals surface area contributed by atoms with Crippen LogP contribution in [0.2, 0.25) is 0 Å². The molecule has 0 spiro atoms. The average Bonchev–Trinajstić information content (AvgIpc) is 2.92. The van der Waals surface area contributed by atoms with Crippen molar-refractivity contribution in [2.24, 2.45) is 4.99 Å². The fourth-order valence-electron chi connectivity index (χ4n) is 2.65. The fraction of sp³-hybridized carbons (Fsp3) is 0.150. The number of aryl methyl sites for hydroxylation is 2. The lowest BCUT2D eigenvalue weighted by Gasteiger charge is -2.10. The fourth-order valence-corrected chi connectivity index (χ4v) is 2.65. The minimum atomic E-state index is -0.580. The van der Waals surface area contributed by atoms with Crippen molar-refractivity contribution >= 4 is 23.9 Å². The number of aliphatic imine (C=N–C) groups is 1. The standard InChI is InChI=1S/C20H16FNO4/c1-11-8-14(9-12(2)18(11)25-13(3)23)10-17-20(24)26-19(22-17)15-4-6-16(21)7-5-15/h4-10H,1-3H3. The van der Waals surface area contributed by atoms with Gasteiger partial charge in [-0.1, -0.05) is 0 Å². The SMILES string of the molecule is CC(=O)Oc1c(C)cc(C=C2N=C(c3ccc(F)cc3)OC2=O)cc1C. The van der Waals surface area contributed by atoms with E-state index in [1.165, 1.54) is 31.2 Å². The van der Waals surface area contributed by atoms with Crippen molar-refractivity contribution in [2.75, 3.05) is 0 Å². The molecule has 0 fully saturated rings. The van der Waals surface area contributed by atoms with E-state index < -0.39 is 11.9 Å². The lowest BCUT2D eigenvalue weighted by molar-refractivity contribution is -0.132. The monoisotopic (exact) mass is 353 g/mol. The summed E-state index contributed by atoms with van der Waals surface area (Å²) in [5.74, 6) is -0.720. The summed E-state index contributed by atoms with van der Waals surface area (Å²) in [4.78, 5) is 27.4. The molecule has 0 radical (unpaired) electrons. The minimum Gasteiger partial charge on any atom is -0.426 e. The van der Waals surface area contributed by atoms with E-state index in [4.69, 9.17) is 9.47 Å². The van der Waals surface area contributed by atoms with E-state index in [0.29, 0.717) is 11.3 Å². The van der Waals surface area contributed by atoms with E-state index in [0.717, 1.165) is 16.7 Å². The molecule has 3 rings (SSSR count). The third kappa shape index (κ3) is 3.69. The third-order valence-corrected chi connectivity index (χ3v) is 3.74. The van der Waals surface area contributed by atoms with E-state index in [2.05, 4.69) is 4.99 Å². The molecule has 0 amide bonds. The van der Waals surface area contributed by atoms with Crippen LogP contribution >= 0.6 is 0 Å². The van der Waals surface area contributed by atoms with E-state index in [1.54, 1.807) is 18.2 Å². The van der Waals surface area contributed by atoms with Crippen LogP contribution in [0.5, 0.6) is 5.75 Å². The molecule has 1 aliphatic heterocycles. The molecule has 132 valence electrons. The minimum absolute atomic E-state index is 0.131. The summed E-state index contributed by atoms with van der Waals surface area (Å²) in [6, 6.07) is 9.11. The number of carbonyl (C=O) groups is 2. The van der Waals surface area contributed by atoms with Gasteiger partial charge in [0.25, 0.3) is 0 Å². The molecule has 0 aromatic heterocycles. The molecule has 2 aromatic carbocycles. The maximum Gasteiger partial charge on any atom is 0.363 e. The Bertz CT molecular complexity index is 935. The van der Waals surface area contributed by atoms with Crippen molar-refractivity contribution in [1.29, 1.82) is 0 Å². The average molecular weight is 353 g/mol. The van der Waals surface area contributed by atoms with Crippen molar-refractivity contribution in [1.82, 2.24) is 0 Å². The number of halogens is 1. The Kier molecular flexibility index (Phi) is 4.67. The number of ether oxygens (including phenoxy) is 2. The molecule has 0 unspecified atom stereocenters. The van der Waals surface area contributed by atoms with Gasteiger partial charge in [-0.25, -0.2) is 14.2 Å². The molecule has 0 saturated heterocycles. The van der Waals surface area contributed by atoms with Crippen LogP contribution in [0.3, 0.4) is 0 Å². The van der Waals surface area contributed by atoms with Gasteiger partial charge in [0.1, 0.15) is 11.6 Å². The Morgan fingerprint density at radius 2 is 1.77 bits per heavy atom. The first-order chi connectivity index (χ1) is 12.3. The van der Waals surface area contributed by atoms with Crippen LogP contribution in [0.15, 0.2) is 47.1 Å². The Labute approximate surface area is 149 Å². The molecule has 2 aromatic rings. The van der Waals surface area contributed by atoms with Gasteiger partial charge >= 0.3 is 11.9 Å². The molecule has 0 saturated carbocycles. The molecule has 5 nitrogen and oxygen atoms in total. The zero-order chi connectivity index (χ0) is 18.8. The van der Waals surface area contributed by atoms with Gasteiger partial charge in [-0.3, -0.25) is 4.79 Å². The number of cyclic esters (lactones) is 1. The second-order valence-corrected chi connectivity index (χ2v) is 5.92.